The number of hydrogen-bond donors (Lipinski definition) is 1. The van der Waals surface area contributed by atoms with Gasteiger partial charge in [-0.25, -0.2) is 8.78 Å². The second-order valence-electron chi connectivity index (χ2n) is 4.85. The number of halogens is 2. The molecule has 14 heavy (non-hydrogen) atoms. The molecule has 2 spiro atoms. The van der Waals surface area contributed by atoms with Crippen LogP contribution in [0.3, 0.4) is 0 Å². The Bertz CT molecular complexity index is 225. The van der Waals surface area contributed by atoms with Crippen molar-refractivity contribution in [3.05, 3.63) is 0 Å². The summed E-state index contributed by atoms with van der Waals surface area (Å²) in [7, 11) is 0. The Morgan fingerprint density at radius 2 is 1.79 bits per heavy atom. The summed E-state index contributed by atoms with van der Waals surface area (Å²) in [5, 5.41) is 3.07. The van der Waals surface area contributed by atoms with Crippen LogP contribution < -0.4 is 5.32 Å². The summed E-state index contributed by atoms with van der Waals surface area (Å²) in [6, 6.07) is 0. The molecule has 4 aliphatic rings. The molecule has 0 bridgehead atoms. The predicted octanol–water partition coefficient (Wildman–Crippen LogP) is 1.35. The van der Waals surface area contributed by atoms with Gasteiger partial charge in [0.2, 0.25) is 0 Å². The number of alkyl halides is 2. The van der Waals surface area contributed by atoms with Crippen molar-refractivity contribution in [3.63, 3.8) is 0 Å². The van der Waals surface area contributed by atoms with E-state index in [2.05, 4.69) is 5.32 Å². The Morgan fingerprint density at radius 1 is 1.07 bits per heavy atom. The number of nitrogens with one attached hydrogen (secondary N) is 1. The van der Waals surface area contributed by atoms with Gasteiger partial charge in [0.25, 0.3) is 0 Å². The summed E-state index contributed by atoms with van der Waals surface area (Å²) in [5.41, 5.74) is -0.222. The molecule has 0 aromatic rings. The molecule has 2 heterocycles. The molecule has 2 atom stereocenters. The Morgan fingerprint density at radius 3 is 1.79 bits per heavy atom. The molecule has 0 aromatic heterocycles. The molecule has 2 aliphatic heterocycles. The fourth-order valence-corrected chi connectivity index (χ4v) is 2.06. The molecular formula is C10H15F2NO. The van der Waals surface area contributed by atoms with Crippen LogP contribution in [0.5, 0.6) is 0 Å². The van der Waals surface area contributed by atoms with Gasteiger partial charge in [-0.3, -0.25) is 0 Å². The van der Waals surface area contributed by atoms with Crippen molar-refractivity contribution in [1.82, 2.24) is 5.32 Å². The standard InChI is InChI=1S/C5H8FN.C5H7FO/c2*6-4-3-7-5(4)1-2-5/h4,7H,1-3H2;4H,1-3H2. The smallest absolute Gasteiger partial charge is 0.152 e. The maximum Gasteiger partial charge on any atom is 0.152 e. The maximum atomic E-state index is 12.3. The summed E-state index contributed by atoms with van der Waals surface area (Å²) in [4.78, 5) is 0. The van der Waals surface area contributed by atoms with Gasteiger partial charge >= 0.3 is 0 Å². The van der Waals surface area contributed by atoms with E-state index < -0.39 is 12.3 Å². The minimum atomic E-state index is -0.632. The van der Waals surface area contributed by atoms with Gasteiger partial charge in [0.05, 0.1) is 12.1 Å². The van der Waals surface area contributed by atoms with Crippen LogP contribution in [0, 0.1) is 0 Å². The Balaban J connectivity index is 0.0000000914. The molecule has 2 saturated heterocycles. The third-order valence-electron chi connectivity index (χ3n) is 3.85. The van der Waals surface area contributed by atoms with E-state index in [0.717, 1.165) is 25.7 Å². The van der Waals surface area contributed by atoms with Crippen LogP contribution >= 0.6 is 0 Å². The van der Waals surface area contributed by atoms with Crippen molar-refractivity contribution in [1.29, 1.82) is 0 Å². The molecule has 2 saturated carbocycles. The molecule has 0 amide bonds. The van der Waals surface area contributed by atoms with E-state index in [-0.39, 0.29) is 11.1 Å². The SMILES string of the molecule is FC1CNC12CC2.FC1COC12CC2. The molecule has 0 aromatic carbocycles. The third kappa shape index (κ3) is 1.20. The first-order valence-corrected chi connectivity index (χ1v) is 5.34. The summed E-state index contributed by atoms with van der Waals surface area (Å²) in [6.45, 7) is 0.944. The first-order chi connectivity index (χ1) is 6.67. The maximum absolute atomic E-state index is 12.3. The van der Waals surface area contributed by atoms with Gasteiger partial charge in [0.1, 0.15) is 11.8 Å². The Labute approximate surface area is 82.0 Å². The molecule has 0 radical (unpaired) electrons. The molecule has 4 fully saturated rings. The molecular weight excluding hydrogens is 188 g/mol. The Hall–Kier alpha value is -0.220. The average molecular weight is 203 g/mol. The minimum Gasteiger partial charge on any atom is -0.369 e. The van der Waals surface area contributed by atoms with E-state index in [1.165, 1.54) is 0 Å². The van der Waals surface area contributed by atoms with Crippen LogP contribution in [-0.4, -0.2) is 36.6 Å². The second kappa shape index (κ2) is 2.67. The van der Waals surface area contributed by atoms with Crippen LogP contribution in [0.2, 0.25) is 0 Å². The monoisotopic (exact) mass is 203 g/mol. The highest BCUT2D eigenvalue weighted by Crippen LogP contribution is 2.50. The Kier molecular flexibility index (Phi) is 1.72. The van der Waals surface area contributed by atoms with Gasteiger partial charge in [-0.2, -0.15) is 0 Å². The molecule has 80 valence electrons. The fourth-order valence-electron chi connectivity index (χ4n) is 2.06. The molecule has 2 unspecified atom stereocenters. The van der Waals surface area contributed by atoms with Crippen LogP contribution in [0.1, 0.15) is 25.7 Å². The summed E-state index contributed by atoms with van der Waals surface area (Å²) in [5.74, 6) is 0. The van der Waals surface area contributed by atoms with E-state index in [9.17, 15) is 8.78 Å². The largest absolute Gasteiger partial charge is 0.369 e. The van der Waals surface area contributed by atoms with E-state index in [0.29, 0.717) is 13.2 Å². The van der Waals surface area contributed by atoms with Crippen molar-refractivity contribution in [2.24, 2.45) is 0 Å². The van der Waals surface area contributed by atoms with Crippen LogP contribution in [0.25, 0.3) is 0 Å². The lowest BCUT2D eigenvalue weighted by Gasteiger charge is -2.32. The molecule has 1 N–H and O–H groups in total. The van der Waals surface area contributed by atoms with E-state index in [1.54, 1.807) is 0 Å². The lowest BCUT2D eigenvalue weighted by Crippen LogP contribution is -2.57. The van der Waals surface area contributed by atoms with Crippen molar-refractivity contribution < 1.29 is 13.5 Å². The molecule has 2 aliphatic carbocycles. The van der Waals surface area contributed by atoms with Crippen molar-refractivity contribution in [3.8, 4) is 0 Å². The first-order valence-electron chi connectivity index (χ1n) is 5.34. The van der Waals surface area contributed by atoms with Crippen LogP contribution in [0.4, 0.5) is 8.78 Å². The molecule has 2 nitrogen and oxygen atoms in total. The second-order valence-corrected chi connectivity index (χ2v) is 4.85. The highest BCUT2D eigenvalue weighted by molar-refractivity contribution is 5.15. The minimum absolute atomic E-state index is 0.0139. The zero-order valence-corrected chi connectivity index (χ0v) is 8.06. The normalized spacial score (nSPS) is 43.3. The lowest BCUT2D eigenvalue weighted by molar-refractivity contribution is -0.146. The summed E-state index contributed by atoms with van der Waals surface area (Å²) < 4.78 is 29.5. The van der Waals surface area contributed by atoms with Gasteiger partial charge in [-0.15, -0.1) is 0 Å². The first kappa shape index (κ1) is 9.04. The fraction of sp³-hybridized carbons (Fsp3) is 1.00. The van der Waals surface area contributed by atoms with Crippen LogP contribution in [-0.2, 0) is 4.74 Å². The van der Waals surface area contributed by atoms with Gasteiger partial charge < -0.3 is 10.1 Å². The van der Waals surface area contributed by atoms with E-state index in [1.807, 2.05) is 0 Å². The predicted molar refractivity (Wildman–Crippen MR) is 47.7 cm³/mol. The quantitative estimate of drug-likeness (QED) is 0.641. The molecule has 4 rings (SSSR count). The van der Waals surface area contributed by atoms with E-state index >= 15 is 0 Å². The van der Waals surface area contributed by atoms with Crippen molar-refractivity contribution in [2.75, 3.05) is 13.2 Å². The van der Waals surface area contributed by atoms with E-state index in [4.69, 9.17) is 4.74 Å². The summed E-state index contributed by atoms with van der Waals surface area (Å²) >= 11 is 0. The lowest BCUT2D eigenvalue weighted by atomic mass is 10.0. The number of rotatable bonds is 0. The zero-order valence-electron chi connectivity index (χ0n) is 8.06. The van der Waals surface area contributed by atoms with Gasteiger partial charge in [-0.05, 0) is 25.7 Å². The van der Waals surface area contributed by atoms with Gasteiger partial charge in [-0.1, -0.05) is 0 Å². The number of ether oxygens (including phenoxy) is 1. The van der Waals surface area contributed by atoms with Crippen molar-refractivity contribution >= 4 is 0 Å². The topological polar surface area (TPSA) is 21.3 Å². The number of hydrogen-bond acceptors (Lipinski definition) is 2. The third-order valence-corrected chi connectivity index (χ3v) is 3.85. The highest BCUT2D eigenvalue weighted by atomic mass is 19.1. The van der Waals surface area contributed by atoms with Gasteiger partial charge in [0, 0.05) is 6.54 Å². The highest BCUT2D eigenvalue weighted by Gasteiger charge is 2.58. The van der Waals surface area contributed by atoms with Crippen molar-refractivity contribution in [2.45, 2.75) is 49.2 Å². The average Bonchev–Trinajstić information content (AvgIpc) is 3.05. The van der Waals surface area contributed by atoms with Crippen LogP contribution in [0.15, 0.2) is 0 Å². The molecule has 4 heteroatoms. The summed E-state index contributed by atoms with van der Waals surface area (Å²) in [6.07, 6.45) is 2.88. The van der Waals surface area contributed by atoms with Gasteiger partial charge in [0.15, 0.2) is 6.17 Å². The zero-order chi connectivity index (χ0) is 9.81.